The van der Waals surface area contributed by atoms with Gasteiger partial charge in [0.2, 0.25) is 0 Å². The number of nitrogens with zero attached hydrogens (tertiary/aromatic N) is 2. The highest BCUT2D eigenvalue weighted by atomic mass is 79.9. The molecule has 0 aliphatic heterocycles. The highest BCUT2D eigenvalue weighted by Gasteiger charge is 2.11. The fraction of sp³-hybridized carbons (Fsp3) is 0.0769. The van der Waals surface area contributed by atoms with Crippen LogP contribution in [-0.4, -0.2) is 4.98 Å². The maximum atomic E-state index is 9.12. The summed E-state index contributed by atoms with van der Waals surface area (Å²) in [5, 5.41) is 9.38. The van der Waals surface area contributed by atoms with Gasteiger partial charge in [0.1, 0.15) is 11.2 Å². The summed E-state index contributed by atoms with van der Waals surface area (Å²) < 4.78 is 0.997. The molecule has 17 heavy (non-hydrogen) atoms. The Kier molecular flexibility index (Phi) is 3.46. The van der Waals surface area contributed by atoms with Gasteiger partial charge in [-0.1, -0.05) is 39.7 Å². The molecule has 2 nitrogen and oxygen atoms in total. The van der Waals surface area contributed by atoms with Crippen molar-refractivity contribution in [1.29, 1.82) is 5.26 Å². The summed E-state index contributed by atoms with van der Waals surface area (Å²) in [4.78, 5) is 4.08. The van der Waals surface area contributed by atoms with E-state index < -0.39 is 0 Å². The number of halogens is 2. The standard InChI is InChI=1S/C13H8BrClN2/c1-8-6-11(12(7-16)13(15)17-8)9-2-4-10(14)5-3-9/h2-6H,1H3. The molecule has 4 heteroatoms. The van der Waals surface area contributed by atoms with E-state index in [9.17, 15) is 0 Å². The molecule has 2 aromatic rings. The van der Waals surface area contributed by atoms with Crippen molar-refractivity contribution >= 4 is 27.5 Å². The average molecular weight is 308 g/mol. The minimum Gasteiger partial charge on any atom is -0.240 e. The van der Waals surface area contributed by atoms with Gasteiger partial charge in [-0.05, 0) is 30.7 Å². The van der Waals surface area contributed by atoms with E-state index in [1.807, 2.05) is 37.3 Å². The van der Waals surface area contributed by atoms with E-state index in [4.69, 9.17) is 16.9 Å². The van der Waals surface area contributed by atoms with E-state index in [1.54, 1.807) is 0 Å². The largest absolute Gasteiger partial charge is 0.240 e. The Morgan fingerprint density at radius 3 is 2.53 bits per heavy atom. The van der Waals surface area contributed by atoms with Crippen molar-refractivity contribution in [2.24, 2.45) is 0 Å². The van der Waals surface area contributed by atoms with Crippen molar-refractivity contribution in [3.63, 3.8) is 0 Å². The summed E-state index contributed by atoms with van der Waals surface area (Å²) in [6.45, 7) is 1.86. The molecule has 0 fully saturated rings. The first-order valence-electron chi connectivity index (χ1n) is 4.95. The Hall–Kier alpha value is -1.37. The van der Waals surface area contributed by atoms with E-state index in [-0.39, 0.29) is 5.15 Å². The number of hydrogen-bond acceptors (Lipinski definition) is 2. The lowest BCUT2D eigenvalue weighted by Gasteiger charge is -2.07. The topological polar surface area (TPSA) is 36.7 Å². The van der Waals surface area contributed by atoms with E-state index in [0.29, 0.717) is 5.56 Å². The molecule has 0 saturated heterocycles. The number of pyridine rings is 1. The molecular formula is C13H8BrClN2. The zero-order valence-electron chi connectivity index (χ0n) is 9.04. The van der Waals surface area contributed by atoms with E-state index >= 15 is 0 Å². The van der Waals surface area contributed by atoms with Crippen molar-refractivity contribution in [1.82, 2.24) is 4.98 Å². The number of hydrogen-bond donors (Lipinski definition) is 0. The predicted octanol–water partition coefficient (Wildman–Crippen LogP) is 4.34. The SMILES string of the molecule is Cc1cc(-c2ccc(Br)cc2)c(C#N)c(Cl)n1. The van der Waals surface area contributed by atoms with Gasteiger partial charge in [0.25, 0.3) is 0 Å². The van der Waals surface area contributed by atoms with Crippen LogP contribution in [0, 0.1) is 18.3 Å². The molecule has 0 amide bonds. The minimum absolute atomic E-state index is 0.255. The third-order valence-electron chi connectivity index (χ3n) is 2.37. The summed E-state index contributed by atoms with van der Waals surface area (Å²) >= 11 is 9.35. The number of aryl methyl sites for hydroxylation is 1. The highest BCUT2D eigenvalue weighted by molar-refractivity contribution is 9.10. The van der Waals surface area contributed by atoms with Crippen molar-refractivity contribution in [2.45, 2.75) is 6.92 Å². The van der Waals surface area contributed by atoms with Crippen LogP contribution in [0.3, 0.4) is 0 Å². The predicted molar refractivity (Wildman–Crippen MR) is 71.8 cm³/mol. The van der Waals surface area contributed by atoms with Crippen LogP contribution in [0.5, 0.6) is 0 Å². The first-order valence-corrected chi connectivity index (χ1v) is 6.12. The Morgan fingerprint density at radius 1 is 1.29 bits per heavy atom. The molecule has 2 rings (SSSR count). The molecular weight excluding hydrogens is 300 g/mol. The van der Waals surface area contributed by atoms with Gasteiger partial charge < -0.3 is 0 Å². The molecule has 1 aromatic heterocycles. The quantitative estimate of drug-likeness (QED) is 0.735. The summed E-state index contributed by atoms with van der Waals surface area (Å²) in [5.41, 5.74) is 2.99. The maximum absolute atomic E-state index is 9.12. The smallest absolute Gasteiger partial charge is 0.147 e. The van der Waals surface area contributed by atoms with Crippen molar-refractivity contribution in [3.8, 4) is 17.2 Å². The molecule has 1 heterocycles. The van der Waals surface area contributed by atoms with Crippen LogP contribution in [0.2, 0.25) is 5.15 Å². The fourth-order valence-electron chi connectivity index (χ4n) is 1.60. The third-order valence-corrected chi connectivity index (χ3v) is 3.17. The van der Waals surface area contributed by atoms with Crippen LogP contribution in [0.15, 0.2) is 34.8 Å². The summed E-state index contributed by atoms with van der Waals surface area (Å²) in [5.74, 6) is 0. The molecule has 84 valence electrons. The number of aromatic nitrogens is 1. The molecule has 0 bridgehead atoms. The molecule has 1 aromatic carbocycles. The van der Waals surface area contributed by atoms with E-state index in [1.165, 1.54) is 0 Å². The minimum atomic E-state index is 0.255. The molecule has 0 N–H and O–H groups in total. The average Bonchev–Trinajstić information content (AvgIpc) is 2.29. The normalized spacial score (nSPS) is 10.0. The Balaban J connectivity index is 2.66. The highest BCUT2D eigenvalue weighted by Crippen LogP contribution is 2.29. The summed E-state index contributed by atoms with van der Waals surface area (Å²) in [6, 6.07) is 11.7. The van der Waals surface area contributed by atoms with Crippen LogP contribution in [0.1, 0.15) is 11.3 Å². The number of rotatable bonds is 1. The first-order chi connectivity index (χ1) is 8.11. The molecule has 0 radical (unpaired) electrons. The van der Waals surface area contributed by atoms with Crippen LogP contribution < -0.4 is 0 Å². The fourth-order valence-corrected chi connectivity index (χ4v) is 2.14. The second-order valence-electron chi connectivity index (χ2n) is 3.60. The first kappa shape index (κ1) is 12.1. The lowest BCUT2D eigenvalue weighted by Crippen LogP contribution is -1.92. The summed E-state index contributed by atoms with van der Waals surface area (Å²) in [7, 11) is 0. The van der Waals surface area contributed by atoms with Crippen LogP contribution in [0.4, 0.5) is 0 Å². The van der Waals surface area contributed by atoms with Gasteiger partial charge in [-0.15, -0.1) is 0 Å². The zero-order chi connectivity index (χ0) is 12.4. The molecule has 0 spiro atoms. The Morgan fingerprint density at radius 2 is 1.94 bits per heavy atom. The van der Waals surface area contributed by atoms with Crippen molar-refractivity contribution in [3.05, 3.63) is 51.2 Å². The van der Waals surface area contributed by atoms with Crippen molar-refractivity contribution < 1.29 is 0 Å². The molecule has 0 unspecified atom stereocenters. The van der Waals surface area contributed by atoms with Crippen LogP contribution >= 0.6 is 27.5 Å². The van der Waals surface area contributed by atoms with Gasteiger partial charge in [0.05, 0.1) is 5.56 Å². The second kappa shape index (κ2) is 4.87. The summed E-state index contributed by atoms with van der Waals surface area (Å²) in [6.07, 6.45) is 0. The van der Waals surface area contributed by atoms with Crippen molar-refractivity contribution in [2.75, 3.05) is 0 Å². The molecule has 0 aliphatic rings. The van der Waals surface area contributed by atoms with E-state index in [2.05, 4.69) is 27.0 Å². The van der Waals surface area contributed by atoms with Gasteiger partial charge in [0.15, 0.2) is 0 Å². The van der Waals surface area contributed by atoms with Gasteiger partial charge in [0, 0.05) is 15.7 Å². The maximum Gasteiger partial charge on any atom is 0.147 e. The van der Waals surface area contributed by atoms with Crippen LogP contribution in [-0.2, 0) is 0 Å². The lowest BCUT2D eigenvalue weighted by atomic mass is 10.0. The zero-order valence-corrected chi connectivity index (χ0v) is 11.4. The lowest BCUT2D eigenvalue weighted by molar-refractivity contribution is 1.19. The van der Waals surface area contributed by atoms with Gasteiger partial charge >= 0.3 is 0 Å². The molecule has 0 atom stereocenters. The Labute approximate surface area is 113 Å². The van der Waals surface area contributed by atoms with Gasteiger partial charge in [-0.25, -0.2) is 4.98 Å². The molecule has 0 saturated carbocycles. The van der Waals surface area contributed by atoms with Crippen LogP contribution in [0.25, 0.3) is 11.1 Å². The second-order valence-corrected chi connectivity index (χ2v) is 4.87. The van der Waals surface area contributed by atoms with E-state index in [0.717, 1.165) is 21.3 Å². The van der Waals surface area contributed by atoms with Gasteiger partial charge in [-0.2, -0.15) is 5.26 Å². The number of nitriles is 1. The monoisotopic (exact) mass is 306 g/mol. The Bertz CT molecular complexity index is 600. The third kappa shape index (κ3) is 2.49. The molecule has 0 aliphatic carbocycles. The van der Waals surface area contributed by atoms with Gasteiger partial charge in [-0.3, -0.25) is 0 Å². The number of benzene rings is 1.